The zero-order valence-corrected chi connectivity index (χ0v) is 9.82. The first-order valence-electron chi connectivity index (χ1n) is 5.96. The van der Waals surface area contributed by atoms with Crippen LogP contribution in [0.5, 0.6) is 0 Å². The third-order valence-electron chi connectivity index (χ3n) is 3.34. The Hall–Kier alpha value is -0.820. The highest BCUT2D eigenvalue weighted by Gasteiger charge is 2.25. The number of nitrogens with zero attached hydrogens (tertiary/aromatic N) is 1. The van der Waals surface area contributed by atoms with E-state index in [9.17, 15) is 0 Å². The van der Waals surface area contributed by atoms with Crippen LogP contribution < -0.4 is 0 Å². The Morgan fingerprint density at radius 1 is 1.27 bits per heavy atom. The molecule has 2 rings (SSSR count). The minimum atomic E-state index is 0. The lowest BCUT2D eigenvalue weighted by Gasteiger charge is -2.35. The monoisotopic (exact) mass is 205 g/mol. The second-order valence-corrected chi connectivity index (χ2v) is 5.12. The quantitative estimate of drug-likeness (QED) is 0.728. The molecule has 0 amide bonds. The molecular formula is C14H23N. The molecule has 0 N–H and O–H groups in total. The maximum absolute atomic E-state index is 2.45. The molecular weight excluding hydrogens is 182 g/mol. The van der Waals surface area contributed by atoms with Crippen LogP contribution in [0.15, 0.2) is 30.3 Å². The molecule has 1 aromatic carbocycles. The summed E-state index contributed by atoms with van der Waals surface area (Å²) >= 11 is 0. The van der Waals surface area contributed by atoms with Gasteiger partial charge in [-0.15, -0.1) is 0 Å². The lowest BCUT2D eigenvalue weighted by Crippen LogP contribution is -2.32. The number of hydrogen-bond donors (Lipinski definition) is 0. The third kappa shape index (κ3) is 3.07. The summed E-state index contributed by atoms with van der Waals surface area (Å²) in [6.07, 6.45) is 2.86. The Labute approximate surface area is 94.6 Å². The Bertz CT molecular complexity index is 293. The van der Waals surface area contributed by atoms with Gasteiger partial charge in [-0.25, -0.2) is 0 Å². The summed E-state index contributed by atoms with van der Waals surface area (Å²) in [6.45, 7) is 4.71. The third-order valence-corrected chi connectivity index (χ3v) is 3.34. The summed E-state index contributed by atoms with van der Waals surface area (Å²) in [7, 11) is 2.23. The molecule has 1 aliphatic carbocycles. The summed E-state index contributed by atoms with van der Waals surface area (Å²) in [5.74, 6) is 1.92. The molecule has 0 aliphatic heterocycles. The van der Waals surface area contributed by atoms with E-state index >= 15 is 0 Å². The fourth-order valence-electron chi connectivity index (χ4n) is 2.62. The van der Waals surface area contributed by atoms with Crippen LogP contribution >= 0.6 is 0 Å². The molecule has 1 heteroatoms. The van der Waals surface area contributed by atoms with Gasteiger partial charge >= 0.3 is 0 Å². The average Bonchev–Trinajstić information content (AvgIpc) is 2.17. The lowest BCUT2D eigenvalue weighted by molar-refractivity contribution is 0.147. The van der Waals surface area contributed by atoms with Crippen molar-refractivity contribution in [1.82, 2.24) is 4.90 Å². The van der Waals surface area contributed by atoms with Crippen LogP contribution in [-0.4, -0.2) is 18.5 Å². The van der Waals surface area contributed by atoms with Crippen molar-refractivity contribution in [3.8, 4) is 0 Å². The van der Waals surface area contributed by atoms with Crippen LogP contribution in [0.2, 0.25) is 0 Å². The maximum atomic E-state index is 2.45. The Morgan fingerprint density at radius 2 is 1.93 bits per heavy atom. The summed E-state index contributed by atoms with van der Waals surface area (Å²) in [4.78, 5) is 2.45. The van der Waals surface area contributed by atoms with Gasteiger partial charge in [0.15, 0.2) is 0 Å². The van der Waals surface area contributed by atoms with Gasteiger partial charge in [0.05, 0.1) is 0 Å². The van der Waals surface area contributed by atoms with Gasteiger partial charge in [0.25, 0.3) is 0 Å². The first-order chi connectivity index (χ1) is 7.24. The van der Waals surface area contributed by atoms with Crippen molar-refractivity contribution in [3.63, 3.8) is 0 Å². The highest BCUT2D eigenvalue weighted by molar-refractivity contribution is 5.14. The van der Waals surface area contributed by atoms with E-state index in [2.05, 4.69) is 49.2 Å². The Kier molecular flexibility index (Phi) is 3.42. The predicted molar refractivity (Wildman–Crippen MR) is 66.8 cm³/mol. The molecule has 1 nitrogen and oxygen atoms in total. The van der Waals surface area contributed by atoms with Crippen LogP contribution in [0.3, 0.4) is 0 Å². The van der Waals surface area contributed by atoms with Crippen molar-refractivity contribution in [2.45, 2.75) is 26.3 Å². The van der Waals surface area contributed by atoms with E-state index in [0.717, 1.165) is 18.4 Å². The van der Waals surface area contributed by atoms with Gasteiger partial charge in [-0.05, 0) is 37.3 Å². The maximum Gasteiger partial charge on any atom is 0.0230 e. The second kappa shape index (κ2) is 4.80. The zero-order chi connectivity index (χ0) is 10.7. The molecule has 0 heterocycles. The molecule has 1 aromatic rings. The number of rotatable bonds is 4. The topological polar surface area (TPSA) is 3.24 Å². The zero-order valence-electron chi connectivity index (χ0n) is 9.82. The summed E-state index contributed by atoms with van der Waals surface area (Å²) in [5.41, 5.74) is 1.42. The fourth-order valence-corrected chi connectivity index (χ4v) is 2.62. The minimum absolute atomic E-state index is 0. The van der Waals surface area contributed by atoms with E-state index in [-0.39, 0.29) is 1.43 Å². The van der Waals surface area contributed by atoms with Crippen LogP contribution in [-0.2, 0) is 6.54 Å². The van der Waals surface area contributed by atoms with Gasteiger partial charge in [-0.2, -0.15) is 0 Å². The van der Waals surface area contributed by atoms with Crippen LogP contribution in [0.25, 0.3) is 0 Å². The SMILES string of the molecule is CC1CC(CN(C)Cc2ccccc2)C1.[HH]. The predicted octanol–water partition coefficient (Wildman–Crippen LogP) is 3.41. The molecule has 0 radical (unpaired) electrons. The minimum Gasteiger partial charge on any atom is -0.302 e. The molecule has 0 aromatic heterocycles. The van der Waals surface area contributed by atoms with E-state index in [0.29, 0.717) is 0 Å². The molecule has 0 spiro atoms. The van der Waals surface area contributed by atoms with Crippen molar-refractivity contribution < 1.29 is 1.43 Å². The van der Waals surface area contributed by atoms with Crippen molar-refractivity contribution in [3.05, 3.63) is 35.9 Å². The molecule has 0 saturated heterocycles. The Balaban J connectivity index is 0.00000128. The van der Waals surface area contributed by atoms with Crippen LogP contribution in [0.1, 0.15) is 26.8 Å². The normalized spacial score (nSPS) is 25.3. The fraction of sp³-hybridized carbons (Fsp3) is 0.571. The number of benzene rings is 1. The highest BCUT2D eigenvalue weighted by Crippen LogP contribution is 2.33. The van der Waals surface area contributed by atoms with Crippen molar-refractivity contribution in [2.75, 3.05) is 13.6 Å². The summed E-state index contributed by atoms with van der Waals surface area (Å²) < 4.78 is 0. The van der Waals surface area contributed by atoms with Crippen molar-refractivity contribution in [1.29, 1.82) is 0 Å². The van der Waals surface area contributed by atoms with E-state index in [1.165, 1.54) is 24.9 Å². The lowest BCUT2D eigenvalue weighted by atomic mass is 9.76. The second-order valence-electron chi connectivity index (χ2n) is 5.12. The van der Waals surface area contributed by atoms with Gasteiger partial charge in [-0.1, -0.05) is 37.3 Å². The molecule has 1 saturated carbocycles. The van der Waals surface area contributed by atoms with Crippen molar-refractivity contribution >= 4 is 0 Å². The molecule has 1 fully saturated rings. The summed E-state index contributed by atoms with van der Waals surface area (Å²) in [5, 5.41) is 0. The Morgan fingerprint density at radius 3 is 2.53 bits per heavy atom. The van der Waals surface area contributed by atoms with Gasteiger partial charge < -0.3 is 4.90 Å². The van der Waals surface area contributed by atoms with Gasteiger partial charge in [0.2, 0.25) is 0 Å². The highest BCUT2D eigenvalue weighted by atomic mass is 15.1. The van der Waals surface area contributed by atoms with Crippen LogP contribution in [0, 0.1) is 11.8 Å². The van der Waals surface area contributed by atoms with Crippen molar-refractivity contribution in [2.24, 2.45) is 11.8 Å². The average molecular weight is 205 g/mol. The molecule has 0 bridgehead atoms. The largest absolute Gasteiger partial charge is 0.302 e. The molecule has 15 heavy (non-hydrogen) atoms. The molecule has 0 atom stereocenters. The summed E-state index contributed by atoms with van der Waals surface area (Å²) in [6, 6.07) is 10.7. The van der Waals surface area contributed by atoms with E-state index in [1.807, 2.05) is 0 Å². The van der Waals surface area contributed by atoms with Gasteiger partial charge in [-0.3, -0.25) is 0 Å². The van der Waals surface area contributed by atoms with E-state index < -0.39 is 0 Å². The molecule has 0 unspecified atom stereocenters. The van der Waals surface area contributed by atoms with E-state index in [1.54, 1.807) is 0 Å². The van der Waals surface area contributed by atoms with Gasteiger partial charge in [0, 0.05) is 14.5 Å². The first-order valence-corrected chi connectivity index (χ1v) is 5.96. The van der Waals surface area contributed by atoms with E-state index in [4.69, 9.17) is 0 Å². The smallest absolute Gasteiger partial charge is 0.0230 e. The van der Waals surface area contributed by atoms with Gasteiger partial charge in [0.1, 0.15) is 0 Å². The molecule has 84 valence electrons. The van der Waals surface area contributed by atoms with Crippen LogP contribution in [0.4, 0.5) is 0 Å². The standard InChI is InChI=1S/C14H21N.H2/c1-12-8-14(9-12)11-15(2)10-13-6-4-3-5-7-13;/h3-7,12,14H,8-11H2,1-2H3;1H. The molecule has 1 aliphatic rings. The number of hydrogen-bond acceptors (Lipinski definition) is 1. The first kappa shape index (κ1) is 10.7.